The topological polar surface area (TPSA) is 128 Å². The Hall–Kier alpha value is -3.89. The van der Waals surface area contributed by atoms with Gasteiger partial charge in [0.25, 0.3) is 0 Å². The minimum absolute atomic E-state index is 0.140. The number of aromatic nitrogens is 2. The first kappa shape index (κ1) is 28.7. The summed E-state index contributed by atoms with van der Waals surface area (Å²) in [6.45, 7) is 11.9. The Bertz CT molecular complexity index is 1110. The number of anilines is 3. The molecule has 2 N–H and O–H groups in total. The van der Waals surface area contributed by atoms with Gasteiger partial charge in [-0.25, -0.2) is 14.6 Å². The van der Waals surface area contributed by atoms with Gasteiger partial charge in [0.1, 0.15) is 17.5 Å². The van der Waals surface area contributed by atoms with Crippen LogP contribution in [0, 0.1) is 0 Å². The second-order valence-corrected chi connectivity index (χ2v) is 9.50. The smallest absolute Gasteiger partial charge is 0.415 e. The molecule has 206 valence electrons. The van der Waals surface area contributed by atoms with Crippen molar-refractivity contribution in [1.82, 2.24) is 14.9 Å². The van der Waals surface area contributed by atoms with Gasteiger partial charge < -0.3 is 29.9 Å². The van der Waals surface area contributed by atoms with Crippen molar-refractivity contribution < 1.29 is 24.2 Å². The predicted octanol–water partition coefficient (Wildman–Crippen LogP) is 3.79. The zero-order valence-electron chi connectivity index (χ0n) is 22.8. The van der Waals surface area contributed by atoms with Crippen LogP contribution >= 0.6 is 0 Å². The van der Waals surface area contributed by atoms with Crippen LogP contribution in [0.2, 0.25) is 0 Å². The Morgan fingerprint density at radius 3 is 2.26 bits per heavy atom. The van der Waals surface area contributed by atoms with Crippen molar-refractivity contribution in [2.75, 3.05) is 41.3 Å². The monoisotopic (exact) mass is 526 g/mol. The van der Waals surface area contributed by atoms with Crippen LogP contribution in [0.5, 0.6) is 5.75 Å². The summed E-state index contributed by atoms with van der Waals surface area (Å²) in [5.74, 6) is -0.145. The molecule has 0 bridgehead atoms. The van der Waals surface area contributed by atoms with Gasteiger partial charge in [0.2, 0.25) is 11.9 Å². The van der Waals surface area contributed by atoms with Crippen LogP contribution in [0.1, 0.15) is 53.0 Å². The van der Waals surface area contributed by atoms with E-state index in [-0.39, 0.29) is 30.3 Å². The molecule has 0 aliphatic carbocycles. The third-order valence-electron chi connectivity index (χ3n) is 6.46. The van der Waals surface area contributed by atoms with Crippen LogP contribution in [-0.2, 0) is 16.0 Å². The Morgan fingerprint density at radius 1 is 1.11 bits per heavy atom. The Morgan fingerprint density at radius 2 is 1.74 bits per heavy atom. The molecule has 11 nitrogen and oxygen atoms in total. The largest absolute Gasteiger partial charge is 0.480 e. The Labute approximate surface area is 223 Å². The van der Waals surface area contributed by atoms with Gasteiger partial charge >= 0.3 is 12.1 Å². The molecule has 1 aromatic carbocycles. The van der Waals surface area contributed by atoms with Crippen LogP contribution in [-0.4, -0.2) is 76.2 Å². The van der Waals surface area contributed by atoms with Gasteiger partial charge in [-0.2, -0.15) is 4.98 Å². The van der Waals surface area contributed by atoms with Crippen LogP contribution in [0.4, 0.5) is 22.2 Å². The molecule has 2 aromatic rings. The molecule has 0 unspecified atom stereocenters. The van der Waals surface area contributed by atoms with Crippen molar-refractivity contribution in [3.63, 3.8) is 0 Å². The van der Waals surface area contributed by atoms with E-state index >= 15 is 0 Å². The number of carbonyl (C=O) groups excluding carboxylic acids is 2. The van der Waals surface area contributed by atoms with Crippen molar-refractivity contribution in [3.05, 3.63) is 36.0 Å². The average Bonchev–Trinajstić information content (AvgIpc) is 3.41. The van der Waals surface area contributed by atoms with Gasteiger partial charge in [0.05, 0.1) is 6.20 Å². The van der Waals surface area contributed by atoms with Gasteiger partial charge in [-0.05, 0) is 58.2 Å². The van der Waals surface area contributed by atoms with Crippen LogP contribution in [0.3, 0.4) is 0 Å². The summed E-state index contributed by atoms with van der Waals surface area (Å²) in [6, 6.07) is 5.58. The quantitative estimate of drug-likeness (QED) is 0.449. The number of amides is 2. The summed E-state index contributed by atoms with van der Waals surface area (Å²) in [5.41, 5.74) is 1.15. The summed E-state index contributed by atoms with van der Waals surface area (Å²) in [4.78, 5) is 51.2. The SMILES string of the molecule is CCN(CC)c1ncc(N(C(C)=O)C(C)C)c(N[C@@H](Cc2ccc(OC(=O)N3CCCC3)cc2)C(=O)O)n1. The number of aliphatic carboxylic acids is 1. The highest BCUT2D eigenvalue weighted by Crippen LogP contribution is 2.29. The molecular formula is C27H38N6O5. The van der Waals surface area contributed by atoms with Gasteiger partial charge in [-0.3, -0.25) is 4.79 Å². The summed E-state index contributed by atoms with van der Waals surface area (Å²) in [5, 5.41) is 13.1. The first-order chi connectivity index (χ1) is 18.1. The molecule has 11 heteroatoms. The highest BCUT2D eigenvalue weighted by atomic mass is 16.6. The molecule has 0 spiro atoms. The maximum atomic E-state index is 12.4. The molecule has 1 aliphatic heterocycles. The minimum atomic E-state index is -1.07. The van der Waals surface area contributed by atoms with Crippen molar-refractivity contribution >= 4 is 35.4 Å². The number of carboxylic acid groups (broad SMARTS) is 1. The lowest BCUT2D eigenvalue weighted by atomic mass is 10.1. The number of rotatable bonds is 11. The molecule has 1 fully saturated rings. The molecule has 38 heavy (non-hydrogen) atoms. The highest BCUT2D eigenvalue weighted by Gasteiger charge is 2.26. The molecular weight excluding hydrogens is 488 g/mol. The fourth-order valence-electron chi connectivity index (χ4n) is 4.48. The van der Waals surface area contributed by atoms with Crippen LogP contribution < -0.4 is 19.9 Å². The van der Waals surface area contributed by atoms with Gasteiger partial charge in [-0.15, -0.1) is 0 Å². The number of benzene rings is 1. The fourth-order valence-corrected chi connectivity index (χ4v) is 4.48. The van der Waals surface area contributed by atoms with Gasteiger partial charge in [0.15, 0.2) is 5.82 Å². The Kier molecular flexibility index (Phi) is 9.86. The van der Waals surface area contributed by atoms with Crippen molar-refractivity contribution in [1.29, 1.82) is 0 Å². The summed E-state index contributed by atoms with van der Waals surface area (Å²) >= 11 is 0. The number of nitrogens with one attached hydrogen (secondary N) is 1. The minimum Gasteiger partial charge on any atom is -0.480 e. The Balaban J connectivity index is 1.84. The molecule has 0 radical (unpaired) electrons. The zero-order chi connectivity index (χ0) is 27.8. The first-order valence-corrected chi connectivity index (χ1v) is 13.1. The standard InChI is InChI=1S/C27H38N6O5/c1-6-31(7-2)26-28-17-23(33(18(3)4)19(5)34)24(30-26)29-22(25(35)36)16-20-10-12-21(13-11-20)38-27(37)32-14-8-9-15-32/h10-13,17-18,22H,6-9,14-16H2,1-5H3,(H,35,36)(H,28,29,30)/t22-/m0/s1. The van der Waals surface area contributed by atoms with E-state index in [4.69, 9.17) is 4.74 Å². The van der Waals surface area contributed by atoms with E-state index in [1.165, 1.54) is 11.8 Å². The summed E-state index contributed by atoms with van der Waals surface area (Å²) < 4.78 is 5.44. The highest BCUT2D eigenvalue weighted by molar-refractivity contribution is 5.95. The number of hydrogen-bond acceptors (Lipinski definition) is 8. The molecule has 2 heterocycles. The average molecular weight is 527 g/mol. The number of hydrogen-bond donors (Lipinski definition) is 2. The van der Waals surface area contributed by atoms with Crippen molar-refractivity contribution in [2.45, 2.75) is 66.0 Å². The van der Waals surface area contributed by atoms with E-state index in [1.54, 1.807) is 35.4 Å². The maximum Gasteiger partial charge on any atom is 0.415 e. The first-order valence-electron chi connectivity index (χ1n) is 13.1. The van der Waals surface area contributed by atoms with Crippen molar-refractivity contribution in [2.24, 2.45) is 0 Å². The lowest BCUT2D eigenvalue weighted by Crippen LogP contribution is -2.38. The van der Waals surface area contributed by atoms with Gasteiger partial charge in [-0.1, -0.05) is 12.1 Å². The summed E-state index contributed by atoms with van der Waals surface area (Å²) in [6.07, 6.45) is 3.28. The molecule has 1 aromatic heterocycles. The van der Waals surface area contributed by atoms with E-state index in [1.807, 2.05) is 32.6 Å². The summed E-state index contributed by atoms with van der Waals surface area (Å²) in [7, 11) is 0. The van der Waals surface area contributed by atoms with Crippen LogP contribution in [0.25, 0.3) is 0 Å². The molecule has 1 saturated heterocycles. The number of nitrogens with zero attached hydrogens (tertiary/aromatic N) is 5. The zero-order valence-corrected chi connectivity index (χ0v) is 22.8. The number of likely N-dealkylation sites (tertiary alicyclic amines) is 1. The van der Waals surface area contributed by atoms with Crippen molar-refractivity contribution in [3.8, 4) is 5.75 Å². The van der Waals surface area contributed by atoms with Crippen LogP contribution in [0.15, 0.2) is 30.5 Å². The second kappa shape index (κ2) is 13.1. The molecule has 3 rings (SSSR count). The van der Waals surface area contributed by atoms with E-state index in [9.17, 15) is 19.5 Å². The number of carboxylic acids is 1. The van der Waals surface area contributed by atoms with Gasteiger partial charge in [0, 0.05) is 45.6 Å². The number of ether oxygens (including phenoxy) is 1. The fraction of sp³-hybridized carbons (Fsp3) is 0.519. The maximum absolute atomic E-state index is 12.4. The molecule has 1 aliphatic rings. The normalized spacial score (nSPS) is 13.8. The third-order valence-corrected chi connectivity index (χ3v) is 6.46. The second-order valence-electron chi connectivity index (χ2n) is 9.50. The third kappa shape index (κ3) is 7.11. The van der Waals surface area contributed by atoms with E-state index < -0.39 is 12.0 Å². The molecule has 1 atom stereocenters. The van der Waals surface area contributed by atoms with E-state index in [0.29, 0.717) is 43.6 Å². The molecule has 2 amide bonds. The van der Waals surface area contributed by atoms with E-state index in [0.717, 1.165) is 18.4 Å². The van der Waals surface area contributed by atoms with E-state index in [2.05, 4.69) is 15.3 Å². The predicted molar refractivity (Wildman–Crippen MR) is 146 cm³/mol. The lowest BCUT2D eigenvalue weighted by molar-refractivity contribution is -0.137. The lowest BCUT2D eigenvalue weighted by Gasteiger charge is -2.29. The molecule has 0 saturated carbocycles. The number of carbonyl (C=O) groups is 3.